The van der Waals surface area contributed by atoms with Gasteiger partial charge < -0.3 is 9.84 Å². The molecule has 0 spiro atoms. The number of hydrogen-bond acceptors (Lipinski definition) is 3. The number of benzene rings is 2. The van der Waals surface area contributed by atoms with Crippen LogP contribution in [0.5, 0.6) is 0 Å². The summed E-state index contributed by atoms with van der Waals surface area (Å²) < 4.78 is 5.21. The van der Waals surface area contributed by atoms with Crippen LogP contribution < -0.4 is 10.6 Å². The van der Waals surface area contributed by atoms with E-state index in [1.54, 1.807) is 24.3 Å². The zero-order valence-corrected chi connectivity index (χ0v) is 13.2. The van der Waals surface area contributed by atoms with Crippen molar-refractivity contribution in [2.45, 2.75) is 0 Å². The van der Waals surface area contributed by atoms with Crippen molar-refractivity contribution in [3.8, 4) is 11.3 Å². The fourth-order valence-electron chi connectivity index (χ4n) is 1.93. The highest BCUT2D eigenvalue weighted by atomic mass is 35.5. The van der Waals surface area contributed by atoms with Crippen LogP contribution in [0.2, 0.25) is 10.0 Å². The van der Waals surface area contributed by atoms with Gasteiger partial charge in [0, 0.05) is 17.3 Å². The summed E-state index contributed by atoms with van der Waals surface area (Å²) in [5.41, 5.74) is 1.39. The van der Waals surface area contributed by atoms with Gasteiger partial charge in [0.2, 0.25) is 0 Å². The third-order valence-electron chi connectivity index (χ3n) is 2.99. The molecule has 0 bridgehead atoms. The molecule has 2 N–H and O–H groups in total. The molecule has 3 rings (SSSR count). The van der Waals surface area contributed by atoms with Crippen molar-refractivity contribution in [1.82, 2.24) is 5.16 Å². The Morgan fingerprint density at radius 3 is 2.48 bits per heavy atom. The second-order valence-electron chi connectivity index (χ2n) is 4.65. The van der Waals surface area contributed by atoms with Crippen LogP contribution in [0.4, 0.5) is 16.3 Å². The van der Waals surface area contributed by atoms with E-state index >= 15 is 0 Å². The van der Waals surface area contributed by atoms with Crippen molar-refractivity contribution in [3.63, 3.8) is 0 Å². The number of amides is 2. The maximum Gasteiger partial charge on any atom is 0.324 e. The normalized spacial score (nSPS) is 10.3. The zero-order valence-electron chi connectivity index (χ0n) is 11.7. The van der Waals surface area contributed by atoms with Crippen LogP contribution in [0.1, 0.15) is 0 Å². The average Bonchev–Trinajstić information content (AvgIpc) is 3.00. The summed E-state index contributed by atoms with van der Waals surface area (Å²) in [6.45, 7) is 0. The highest BCUT2D eigenvalue weighted by molar-refractivity contribution is 6.42. The molecule has 3 aromatic rings. The summed E-state index contributed by atoms with van der Waals surface area (Å²) in [7, 11) is 0. The number of aromatic nitrogens is 1. The van der Waals surface area contributed by atoms with E-state index in [9.17, 15) is 4.79 Å². The van der Waals surface area contributed by atoms with E-state index < -0.39 is 6.03 Å². The van der Waals surface area contributed by atoms with E-state index in [4.69, 9.17) is 27.7 Å². The number of hydrogen-bond donors (Lipinski definition) is 2. The van der Waals surface area contributed by atoms with Gasteiger partial charge in [0.15, 0.2) is 11.6 Å². The van der Waals surface area contributed by atoms with Gasteiger partial charge in [-0.05, 0) is 18.2 Å². The first-order chi connectivity index (χ1) is 11.1. The Hall–Kier alpha value is -2.50. The maximum absolute atomic E-state index is 11.9. The molecule has 2 aromatic carbocycles. The molecule has 0 aliphatic heterocycles. The predicted octanol–water partition coefficient (Wildman–Crippen LogP) is 5.29. The lowest BCUT2D eigenvalue weighted by Gasteiger charge is -2.06. The number of carbonyl (C=O) groups is 1. The van der Waals surface area contributed by atoms with Crippen molar-refractivity contribution in [2.24, 2.45) is 0 Å². The molecule has 1 aromatic heterocycles. The second kappa shape index (κ2) is 6.73. The summed E-state index contributed by atoms with van der Waals surface area (Å²) in [6, 6.07) is 15.4. The largest absolute Gasteiger partial charge is 0.354 e. The van der Waals surface area contributed by atoms with Gasteiger partial charge in [0.25, 0.3) is 0 Å². The highest BCUT2D eigenvalue weighted by Crippen LogP contribution is 2.25. The molecule has 0 saturated heterocycles. The molecule has 5 nitrogen and oxygen atoms in total. The molecule has 0 radical (unpaired) electrons. The van der Waals surface area contributed by atoms with Gasteiger partial charge in [-0.3, -0.25) is 5.32 Å². The number of carbonyl (C=O) groups excluding carboxylic acids is 1. The van der Waals surface area contributed by atoms with Crippen LogP contribution in [0.3, 0.4) is 0 Å². The molecule has 0 aliphatic carbocycles. The Kier molecular flexibility index (Phi) is 4.50. The summed E-state index contributed by atoms with van der Waals surface area (Å²) in [6.07, 6.45) is 0. The maximum atomic E-state index is 11.9. The fourth-order valence-corrected chi connectivity index (χ4v) is 2.22. The highest BCUT2D eigenvalue weighted by Gasteiger charge is 2.10. The predicted molar refractivity (Wildman–Crippen MR) is 91.0 cm³/mol. The third-order valence-corrected chi connectivity index (χ3v) is 3.73. The van der Waals surface area contributed by atoms with Crippen LogP contribution in [0, 0.1) is 0 Å². The number of nitrogens with one attached hydrogen (secondary N) is 2. The fraction of sp³-hybridized carbons (Fsp3) is 0. The summed E-state index contributed by atoms with van der Waals surface area (Å²) in [4.78, 5) is 11.9. The quantitative estimate of drug-likeness (QED) is 0.676. The van der Waals surface area contributed by atoms with Crippen molar-refractivity contribution in [3.05, 3.63) is 64.6 Å². The molecule has 1 heterocycles. The molecule has 116 valence electrons. The van der Waals surface area contributed by atoms with Crippen molar-refractivity contribution in [2.75, 3.05) is 10.6 Å². The van der Waals surface area contributed by atoms with Crippen molar-refractivity contribution in [1.29, 1.82) is 0 Å². The average molecular weight is 348 g/mol. The third kappa shape index (κ3) is 3.83. The molecular weight excluding hydrogens is 337 g/mol. The van der Waals surface area contributed by atoms with E-state index in [1.807, 2.05) is 30.3 Å². The summed E-state index contributed by atoms with van der Waals surface area (Å²) in [5, 5.41) is 9.80. The molecule has 7 heteroatoms. The number of anilines is 2. The van der Waals surface area contributed by atoms with Gasteiger partial charge in [0.05, 0.1) is 10.0 Å². The molecule has 2 amide bonds. The van der Waals surface area contributed by atoms with Gasteiger partial charge >= 0.3 is 6.03 Å². The van der Waals surface area contributed by atoms with Crippen LogP contribution in [0.25, 0.3) is 11.3 Å². The molecule has 0 fully saturated rings. The number of rotatable bonds is 3. The summed E-state index contributed by atoms with van der Waals surface area (Å²) >= 11 is 11.7. The molecule has 0 aliphatic rings. The summed E-state index contributed by atoms with van der Waals surface area (Å²) in [5.74, 6) is 0.872. The SMILES string of the molecule is O=C(Nc1ccc(Cl)c(Cl)c1)Nc1cc(-c2ccccc2)on1. The first kappa shape index (κ1) is 15.4. The van der Waals surface area contributed by atoms with Gasteiger partial charge in [-0.15, -0.1) is 0 Å². The van der Waals surface area contributed by atoms with Crippen LogP contribution in [-0.4, -0.2) is 11.2 Å². The Balaban J connectivity index is 1.66. The standard InChI is InChI=1S/C16H11Cl2N3O2/c17-12-7-6-11(8-13(12)18)19-16(22)20-15-9-14(23-21-15)10-4-2-1-3-5-10/h1-9H,(H2,19,20,21,22). The molecule has 0 unspecified atom stereocenters. The van der Waals surface area contributed by atoms with Gasteiger partial charge in [0.1, 0.15) is 0 Å². The lowest BCUT2D eigenvalue weighted by atomic mass is 10.2. The zero-order chi connectivity index (χ0) is 16.2. The smallest absolute Gasteiger partial charge is 0.324 e. The van der Waals surface area contributed by atoms with E-state index in [0.29, 0.717) is 27.3 Å². The first-order valence-corrected chi connectivity index (χ1v) is 7.42. The van der Waals surface area contributed by atoms with Gasteiger partial charge in [-0.2, -0.15) is 0 Å². The van der Waals surface area contributed by atoms with Crippen LogP contribution >= 0.6 is 23.2 Å². The molecule has 0 saturated carbocycles. The van der Waals surface area contributed by atoms with Gasteiger partial charge in [-0.1, -0.05) is 58.7 Å². The van der Waals surface area contributed by atoms with E-state index in [-0.39, 0.29) is 0 Å². The Morgan fingerprint density at radius 1 is 0.957 bits per heavy atom. The van der Waals surface area contributed by atoms with Crippen LogP contribution in [-0.2, 0) is 0 Å². The lowest BCUT2D eigenvalue weighted by Crippen LogP contribution is -2.19. The minimum absolute atomic E-state index is 0.307. The Morgan fingerprint density at radius 2 is 1.74 bits per heavy atom. The lowest BCUT2D eigenvalue weighted by molar-refractivity contribution is 0.262. The van der Waals surface area contributed by atoms with E-state index in [0.717, 1.165) is 5.56 Å². The number of nitrogens with zero attached hydrogens (tertiary/aromatic N) is 1. The second-order valence-corrected chi connectivity index (χ2v) is 5.46. The van der Waals surface area contributed by atoms with E-state index in [1.165, 1.54) is 0 Å². The topological polar surface area (TPSA) is 67.2 Å². The van der Waals surface area contributed by atoms with E-state index in [2.05, 4.69) is 15.8 Å². The van der Waals surface area contributed by atoms with Crippen molar-refractivity contribution >= 4 is 40.7 Å². The Bertz CT molecular complexity index is 834. The van der Waals surface area contributed by atoms with Crippen molar-refractivity contribution < 1.29 is 9.32 Å². The number of halogens is 2. The first-order valence-electron chi connectivity index (χ1n) is 6.67. The monoisotopic (exact) mass is 347 g/mol. The van der Waals surface area contributed by atoms with Gasteiger partial charge in [-0.25, -0.2) is 4.79 Å². The number of urea groups is 1. The Labute approximate surface area is 142 Å². The minimum atomic E-state index is -0.462. The minimum Gasteiger partial charge on any atom is -0.354 e. The van der Waals surface area contributed by atoms with Crippen LogP contribution in [0.15, 0.2) is 59.1 Å². The molecule has 23 heavy (non-hydrogen) atoms. The molecule has 0 atom stereocenters. The molecular formula is C16H11Cl2N3O2.